The molecule has 0 amide bonds. The highest BCUT2D eigenvalue weighted by Crippen LogP contribution is 2.25. The molecule has 0 aliphatic carbocycles. The average Bonchev–Trinajstić information content (AvgIpc) is 2.92. The van der Waals surface area contributed by atoms with E-state index in [1.54, 1.807) is 6.07 Å². The summed E-state index contributed by atoms with van der Waals surface area (Å²) < 4.78 is 6.82. The highest BCUT2D eigenvalue weighted by molar-refractivity contribution is 6.04. The lowest BCUT2D eigenvalue weighted by Crippen LogP contribution is -2.03. The van der Waals surface area contributed by atoms with E-state index in [0.717, 1.165) is 22.2 Å². The minimum absolute atomic E-state index is 0.346. The van der Waals surface area contributed by atoms with Crippen molar-refractivity contribution in [3.8, 4) is 11.3 Å². The Balaban J connectivity index is 2.27. The van der Waals surface area contributed by atoms with E-state index in [9.17, 15) is 4.79 Å². The zero-order chi connectivity index (χ0) is 14.1. The van der Waals surface area contributed by atoms with Crippen LogP contribution < -0.4 is 0 Å². The molecule has 0 aliphatic rings. The molecule has 100 valence electrons. The van der Waals surface area contributed by atoms with Gasteiger partial charge in [-0.15, -0.1) is 0 Å². The quantitative estimate of drug-likeness (QED) is 0.670. The van der Waals surface area contributed by atoms with Gasteiger partial charge in [0.1, 0.15) is 0 Å². The fourth-order valence-corrected chi connectivity index (χ4v) is 2.26. The van der Waals surface area contributed by atoms with Crippen molar-refractivity contribution in [3.63, 3.8) is 0 Å². The summed E-state index contributed by atoms with van der Waals surface area (Å²) in [4.78, 5) is 16.6. The molecule has 2 aromatic heterocycles. The van der Waals surface area contributed by atoms with E-state index in [4.69, 9.17) is 4.74 Å². The summed E-state index contributed by atoms with van der Waals surface area (Å²) in [5.74, 6) is -0.346. The SMILES string of the molecule is COC(=O)c1cc(-c2ccn(C)c2)nc2ccccc12. The number of aromatic nitrogens is 2. The van der Waals surface area contributed by atoms with Gasteiger partial charge in [-0.1, -0.05) is 18.2 Å². The summed E-state index contributed by atoms with van der Waals surface area (Å²) in [7, 11) is 3.34. The number of methoxy groups -OCH3 is 1. The Morgan fingerprint density at radius 1 is 1.25 bits per heavy atom. The molecule has 0 unspecified atom stereocenters. The Labute approximate surface area is 116 Å². The van der Waals surface area contributed by atoms with Gasteiger partial charge in [0.2, 0.25) is 0 Å². The first-order chi connectivity index (χ1) is 9.69. The van der Waals surface area contributed by atoms with Crippen LogP contribution in [0.5, 0.6) is 0 Å². The summed E-state index contributed by atoms with van der Waals surface area (Å²) >= 11 is 0. The second-order valence-corrected chi connectivity index (χ2v) is 4.63. The van der Waals surface area contributed by atoms with Crippen LogP contribution in [-0.4, -0.2) is 22.6 Å². The fourth-order valence-electron chi connectivity index (χ4n) is 2.26. The predicted molar refractivity (Wildman–Crippen MR) is 77.5 cm³/mol. The van der Waals surface area contributed by atoms with Gasteiger partial charge in [-0.25, -0.2) is 9.78 Å². The number of esters is 1. The van der Waals surface area contributed by atoms with E-state index in [1.807, 2.05) is 54.3 Å². The third kappa shape index (κ3) is 2.05. The van der Waals surface area contributed by atoms with Crippen molar-refractivity contribution >= 4 is 16.9 Å². The third-order valence-corrected chi connectivity index (χ3v) is 3.25. The van der Waals surface area contributed by atoms with E-state index in [-0.39, 0.29) is 5.97 Å². The van der Waals surface area contributed by atoms with Gasteiger partial charge in [0.25, 0.3) is 0 Å². The smallest absolute Gasteiger partial charge is 0.338 e. The molecule has 2 heterocycles. The first kappa shape index (κ1) is 12.4. The predicted octanol–water partition coefficient (Wildman–Crippen LogP) is 3.03. The van der Waals surface area contributed by atoms with Gasteiger partial charge in [-0.05, 0) is 18.2 Å². The molecular formula is C16H14N2O2. The third-order valence-electron chi connectivity index (χ3n) is 3.25. The maximum Gasteiger partial charge on any atom is 0.338 e. The first-order valence-electron chi connectivity index (χ1n) is 6.29. The molecule has 0 fully saturated rings. The topological polar surface area (TPSA) is 44.1 Å². The molecular weight excluding hydrogens is 252 g/mol. The minimum atomic E-state index is -0.346. The van der Waals surface area contributed by atoms with Gasteiger partial charge in [-0.3, -0.25) is 0 Å². The van der Waals surface area contributed by atoms with E-state index < -0.39 is 0 Å². The number of nitrogens with zero attached hydrogens (tertiary/aromatic N) is 2. The van der Waals surface area contributed by atoms with Crippen LogP contribution in [0.4, 0.5) is 0 Å². The molecule has 0 atom stereocenters. The lowest BCUT2D eigenvalue weighted by molar-refractivity contribution is 0.0603. The van der Waals surface area contributed by atoms with Crippen molar-refractivity contribution in [2.45, 2.75) is 0 Å². The largest absolute Gasteiger partial charge is 0.465 e. The number of carbonyl (C=O) groups is 1. The molecule has 0 aliphatic heterocycles. The molecule has 4 nitrogen and oxygen atoms in total. The molecule has 1 aromatic carbocycles. The molecule has 0 bridgehead atoms. The van der Waals surface area contributed by atoms with Crippen LogP contribution in [0.25, 0.3) is 22.2 Å². The Kier molecular flexibility index (Phi) is 2.99. The van der Waals surface area contributed by atoms with Gasteiger partial charge in [-0.2, -0.15) is 0 Å². The highest BCUT2D eigenvalue weighted by Gasteiger charge is 2.14. The maximum atomic E-state index is 12.0. The summed E-state index contributed by atoms with van der Waals surface area (Å²) in [6.45, 7) is 0. The van der Waals surface area contributed by atoms with E-state index in [2.05, 4.69) is 4.98 Å². The number of ether oxygens (including phenoxy) is 1. The Morgan fingerprint density at radius 2 is 2.05 bits per heavy atom. The van der Waals surface area contributed by atoms with E-state index in [1.165, 1.54) is 7.11 Å². The number of hydrogen-bond acceptors (Lipinski definition) is 3. The number of carbonyl (C=O) groups excluding carboxylic acids is 1. The van der Waals surface area contributed by atoms with Gasteiger partial charge in [0, 0.05) is 30.4 Å². The monoisotopic (exact) mass is 266 g/mol. The summed E-state index contributed by atoms with van der Waals surface area (Å²) in [5.41, 5.74) is 3.07. The normalized spacial score (nSPS) is 10.7. The standard InChI is InChI=1S/C16H14N2O2/c1-18-8-7-11(10-18)15-9-13(16(19)20-2)12-5-3-4-6-14(12)17-15/h3-10H,1-2H3. The molecule has 0 saturated carbocycles. The van der Waals surface area contributed by atoms with Gasteiger partial charge in [0.05, 0.1) is 23.9 Å². The second kappa shape index (κ2) is 4.81. The van der Waals surface area contributed by atoms with Crippen molar-refractivity contribution in [1.29, 1.82) is 0 Å². The average molecular weight is 266 g/mol. The summed E-state index contributed by atoms with van der Waals surface area (Å²) in [6.07, 6.45) is 3.92. The van der Waals surface area contributed by atoms with Crippen LogP contribution in [0.2, 0.25) is 0 Å². The second-order valence-electron chi connectivity index (χ2n) is 4.63. The maximum absolute atomic E-state index is 12.0. The lowest BCUT2D eigenvalue weighted by Gasteiger charge is -2.07. The van der Waals surface area contributed by atoms with Gasteiger partial charge >= 0.3 is 5.97 Å². The van der Waals surface area contributed by atoms with Gasteiger partial charge in [0.15, 0.2) is 0 Å². The fraction of sp³-hybridized carbons (Fsp3) is 0.125. The summed E-state index contributed by atoms with van der Waals surface area (Å²) in [5, 5.41) is 0.805. The molecule has 20 heavy (non-hydrogen) atoms. The number of fused-ring (bicyclic) bond motifs is 1. The number of aryl methyl sites for hydroxylation is 1. The molecule has 3 aromatic rings. The van der Waals surface area contributed by atoms with Crippen molar-refractivity contribution in [2.24, 2.45) is 7.05 Å². The van der Waals surface area contributed by atoms with Crippen LogP contribution >= 0.6 is 0 Å². The number of hydrogen-bond donors (Lipinski definition) is 0. The molecule has 0 spiro atoms. The number of benzene rings is 1. The number of para-hydroxylation sites is 1. The van der Waals surface area contributed by atoms with Gasteiger partial charge < -0.3 is 9.30 Å². The van der Waals surface area contributed by atoms with Crippen molar-refractivity contribution in [3.05, 3.63) is 54.4 Å². The number of pyridine rings is 1. The molecule has 0 saturated heterocycles. The van der Waals surface area contributed by atoms with Crippen molar-refractivity contribution in [1.82, 2.24) is 9.55 Å². The molecule has 4 heteroatoms. The zero-order valence-electron chi connectivity index (χ0n) is 11.3. The van der Waals surface area contributed by atoms with Crippen molar-refractivity contribution in [2.75, 3.05) is 7.11 Å². The number of rotatable bonds is 2. The highest BCUT2D eigenvalue weighted by atomic mass is 16.5. The first-order valence-corrected chi connectivity index (χ1v) is 6.29. The van der Waals surface area contributed by atoms with Crippen LogP contribution in [-0.2, 0) is 11.8 Å². The molecule has 3 rings (SSSR count). The summed E-state index contributed by atoms with van der Waals surface area (Å²) in [6, 6.07) is 11.3. The Bertz CT molecular complexity index is 790. The van der Waals surface area contributed by atoms with Crippen molar-refractivity contribution < 1.29 is 9.53 Å². The minimum Gasteiger partial charge on any atom is -0.465 e. The van der Waals surface area contributed by atoms with Crippen LogP contribution in [0.15, 0.2) is 48.8 Å². The van der Waals surface area contributed by atoms with Crippen LogP contribution in [0.1, 0.15) is 10.4 Å². The Hall–Kier alpha value is -2.62. The van der Waals surface area contributed by atoms with Crippen LogP contribution in [0, 0.1) is 0 Å². The molecule has 0 radical (unpaired) electrons. The lowest BCUT2D eigenvalue weighted by atomic mass is 10.1. The van der Waals surface area contributed by atoms with E-state index >= 15 is 0 Å². The van der Waals surface area contributed by atoms with E-state index in [0.29, 0.717) is 5.56 Å². The van der Waals surface area contributed by atoms with Crippen LogP contribution in [0.3, 0.4) is 0 Å². The molecule has 0 N–H and O–H groups in total. The zero-order valence-corrected chi connectivity index (χ0v) is 11.3. The Morgan fingerprint density at radius 3 is 2.75 bits per heavy atom.